The van der Waals surface area contributed by atoms with Crippen molar-refractivity contribution in [2.24, 2.45) is 11.3 Å². The standard InChI is InChI=1S/C12H14BrNO2/c1-12(11(15)16,9-2-3-9)5-8-4-10(13)7-14-6-8/h4,6-7,9H,2-3,5H2,1H3,(H,15,16). The number of carboxylic acid groups (broad SMARTS) is 1. The third-order valence-corrected chi connectivity index (χ3v) is 3.73. The monoisotopic (exact) mass is 283 g/mol. The molecule has 0 bridgehead atoms. The number of pyridine rings is 1. The van der Waals surface area contributed by atoms with Crippen molar-refractivity contribution in [3.63, 3.8) is 0 Å². The summed E-state index contributed by atoms with van der Waals surface area (Å²) in [4.78, 5) is 15.4. The zero-order valence-electron chi connectivity index (χ0n) is 9.11. The Bertz CT molecular complexity index is 417. The largest absolute Gasteiger partial charge is 0.481 e. The Morgan fingerprint density at radius 3 is 2.81 bits per heavy atom. The van der Waals surface area contributed by atoms with Gasteiger partial charge in [-0.2, -0.15) is 0 Å². The SMILES string of the molecule is CC(Cc1cncc(Br)c1)(C(=O)O)C1CC1. The van der Waals surface area contributed by atoms with Gasteiger partial charge in [0.05, 0.1) is 5.41 Å². The van der Waals surface area contributed by atoms with Gasteiger partial charge in [0.2, 0.25) is 0 Å². The molecule has 3 nitrogen and oxygen atoms in total. The Kier molecular flexibility index (Phi) is 3.02. The molecule has 1 unspecified atom stereocenters. The van der Waals surface area contributed by atoms with Crippen molar-refractivity contribution >= 4 is 21.9 Å². The molecule has 1 fully saturated rings. The van der Waals surface area contributed by atoms with E-state index in [1.54, 1.807) is 12.4 Å². The van der Waals surface area contributed by atoms with E-state index in [4.69, 9.17) is 0 Å². The maximum absolute atomic E-state index is 11.4. The fraction of sp³-hybridized carbons (Fsp3) is 0.500. The number of carbonyl (C=O) groups is 1. The Morgan fingerprint density at radius 1 is 1.62 bits per heavy atom. The zero-order valence-corrected chi connectivity index (χ0v) is 10.7. The number of hydrogen-bond acceptors (Lipinski definition) is 2. The van der Waals surface area contributed by atoms with Gasteiger partial charge in [0, 0.05) is 16.9 Å². The summed E-state index contributed by atoms with van der Waals surface area (Å²) in [5, 5.41) is 9.34. The van der Waals surface area contributed by atoms with E-state index in [0.717, 1.165) is 22.9 Å². The summed E-state index contributed by atoms with van der Waals surface area (Å²) in [6.45, 7) is 1.84. The smallest absolute Gasteiger partial charge is 0.309 e. The molecule has 1 aromatic heterocycles. The first kappa shape index (κ1) is 11.6. The van der Waals surface area contributed by atoms with Crippen molar-refractivity contribution < 1.29 is 9.90 Å². The van der Waals surface area contributed by atoms with Gasteiger partial charge in [0.1, 0.15) is 0 Å². The molecule has 0 spiro atoms. The fourth-order valence-corrected chi connectivity index (χ4v) is 2.50. The average molecular weight is 284 g/mol. The van der Waals surface area contributed by atoms with Crippen LogP contribution in [0.1, 0.15) is 25.3 Å². The molecule has 4 heteroatoms. The van der Waals surface area contributed by atoms with E-state index in [1.807, 2.05) is 13.0 Å². The summed E-state index contributed by atoms with van der Waals surface area (Å²) in [6.07, 6.45) is 6.07. The van der Waals surface area contributed by atoms with Crippen LogP contribution < -0.4 is 0 Å². The number of aliphatic carboxylic acids is 1. The lowest BCUT2D eigenvalue weighted by Crippen LogP contribution is -2.32. The van der Waals surface area contributed by atoms with Crippen LogP contribution in [-0.2, 0) is 11.2 Å². The molecule has 2 rings (SSSR count). The van der Waals surface area contributed by atoms with Crippen LogP contribution in [0.5, 0.6) is 0 Å². The van der Waals surface area contributed by atoms with Crippen LogP contribution in [0, 0.1) is 11.3 Å². The van der Waals surface area contributed by atoms with Crippen molar-refractivity contribution in [3.8, 4) is 0 Å². The number of aromatic nitrogens is 1. The third-order valence-electron chi connectivity index (χ3n) is 3.30. The number of rotatable bonds is 4. The normalized spacial score (nSPS) is 19.1. The van der Waals surface area contributed by atoms with Crippen LogP contribution in [0.2, 0.25) is 0 Å². The van der Waals surface area contributed by atoms with Crippen molar-refractivity contribution in [3.05, 3.63) is 28.5 Å². The second-order valence-corrected chi connectivity index (χ2v) is 5.60. The van der Waals surface area contributed by atoms with E-state index < -0.39 is 11.4 Å². The lowest BCUT2D eigenvalue weighted by Gasteiger charge is -2.24. The molecule has 16 heavy (non-hydrogen) atoms. The minimum absolute atomic E-state index is 0.323. The Labute approximate surface area is 103 Å². The van der Waals surface area contributed by atoms with Crippen LogP contribution in [0.25, 0.3) is 0 Å². The average Bonchev–Trinajstić information content (AvgIpc) is 3.00. The summed E-state index contributed by atoms with van der Waals surface area (Å²) in [6, 6.07) is 1.94. The highest BCUT2D eigenvalue weighted by molar-refractivity contribution is 9.10. The highest BCUT2D eigenvalue weighted by Crippen LogP contribution is 2.47. The summed E-state index contributed by atoms with van der Waals surface area (Å²) >= 11 is 3.35. The summed E-state index contributed by atoms with van der Waals surface area (Å²) in [7, 11) is 0. The van der Waals surface area contributed by atoms with E-state index >= 15 is 0 Å². The molecule has 1 aliphatic rings. The highest BCUT2D eigenvalue weighted by atomic mass is 79.9. The van der Waals surface area contributed by atoms with Crippen LogP contribution >= 0.6 is 15.9 Å². The molecule has 1 atom stereocenters. The van der Waals surface area contributed by atoms with E-state index in [1.165, 1.54) is 0 Å². The fourth-order valence-electron chi connectivity index (χ4n) is 2.09. The zero-order chi connectivity index (χ0) is 11.8. The first-order chi connectivity index (χ1) is 7.52. The molecular weight excluding hydrogens is 270 g/mol. The van der Waals surface area contributed by atoms with Crippen molar-refractivity contribution in [2.75, 3.05) is 0 Å². The van der Waals surface area contributed by atoms with Crippen molar-refractivity contribution in [2.45, 2.75) is 26.2 Å². The van der Waals surface area contributed by atoms with Crippen LogP contribution in [0.4, 0.5) is 0 Å². The number of halogens is 1. The molecule has 0 aromatic carbocycles. The quantitative estimate of drug-likeness (QED) is 0.924. The molecule has 1 aliphatic carbocycles. The molecule has 0 saturated heterocycles. The van der Waals surface area contributed by atoms with Gasteiger partial charge in [-0.15, -0.1) is 0 Å². The van der Waals surface area contributed by atoms with Gasteiger partial charge in [0.15, 0.2) is 0 Å². The molecule has 0 amide bonds. The van der Waals surface area contributed by atoms with Crippen molar-refractivity contribution in [1.82, 2.24) is 4.98 Å². The van der Waals surface area contributed by atoms with Crippen LogP contribution in [0.15, 0.2) is 22.9 Å². The minimum atomic E-state index is -0.699. The molecular formula is C12H14BrNO2. The summed E-state index contributed by atoms with van der Waals surface area (Å²) < 4.78 is 0.897. The molecule has 0 radical (unpaired) electrons. The Hall–Kier alpha value is -0.900. The first-order valence-electron chi connectivity index (χ1n) is 5.35. The van der Waals surface area contributed by atoms with E-state index in [9.17, 15) is 9.90 Å². The second-order valence-electron chi connectivity index (χ2n) is 4.69. The molecule has 0 aliphatic heterocycles. The molecule has 1 aromatic rings. The first-order valence-corrected chi connectivity index (χ1v) is 6.14. The second kappa shape index (κ2) is 4.17. The topological polar surface area (TPSA) is 50.2 Å². The van der Waals surface area contributed by atoms with Crippen LogP contribution in [0.3, 0.4) is 0 Å². The molecule has 86 valence electrons. The number of nitrogens with zero attached hydrogens (tertiary/aromatic N) is 1. The summed E-state index contributed by atoms with van der Waals surface area (Å²) in [5.41, 5.74) is 0.342. The molecule has 1 N–H and O–H groups in total. The predicted molar refractivity (Wildman–Crippen MR) is 64.1 cm³/mol. The minimum Gasteiger partial charge on any atom is -0.481 e. The maximum Gasteiger partial charge on any atom is 0.309 e. The predicted octanol–water partition coefficient (Wildman–Crippen LogP) is 2.89. The van der Waals surface area contributed by atoms with Crippen LogP contribution in [-0.4, -0.2) is 16.1 Å². The molecule has 1 saturated carbocycles. The van der Waals surface area contributed by atoms with E-state index in [-0.39, 0.29) is 0 Å². The molecule has 1 heterocycles. The highest BCUT2D eigenvalue weighted by Gasteiger charge is 2.47. The van der Waals surface area contributed by atoms with Gasteiger partial charge < -0.3 is 5.11 Å². The maximum atomic E-state index is 11.4. The van der Waals surface area contributed by atoms with Gasteiger partial charge in [-0.25, -0.2) is 0 Å². The van der Waals surface area contributed by atoms with Gasteiger partial charge in [-0.1, -0.05) is 0 Å². The summed E-state index contributed by atoms with van der Waals surface area (Å²) in [5.74, 6) is -0.376. The van der Waals surface area contributed by atoms with Gasteiger partial charge >= 0.3 is 5.97 Å². The van der Waals surface area contributed by atoms with Gasteiger partial charge in [-0.3, -0.25) is 9.78 Å². The number of carboxylic acids is 1. The van der Waals surface area contributed by atoms with E-state index in [0.29, 0.717) is 12.3 Å². The lowest BCUT2D eigenvalue weighted by molar-refractivity contribution is -0.149. The number of hydrogen-bond donors (Lipinski definition) is 1. The Morgan fingerprint density at radius 2 is 2.31 bits per heavy atom. The Balaban J connectivity index is 2.21. The van der Waals surface area contributed by atoms with E-state index in [2.05, 4.69) is 20.9 Å². The third kappa shape index (κ3) is 2.26. The lowest BCUT2D eigenvalue weighted by atomic mass is 9.79. The van der Waals surface area contributed by atoms with Crippen molar-refractivity contribution in [1.29, 1.82) is 0 Å². The van der Waals surface area contributed by atoms with Gasteiger partial charge in [-0.05, 0) is 59.7 Å². The van der Waals surface area contributed by atoms with Gasteiger partial charge in [0.25, 0.3) is 0 Å².